The second-order valence-corrected chi connectivity index (χ2v) is 6.08. The SMILES string of the molecule is CC(C)(C)C(C)(C)CNc1ncncc1C(=O)O. The zero-order chi connectivity index (χ0) is 14.0. The molecule has 18 heavy (non-hydrogen) atoms. The minimum atomic E-state index is -1.02. The summed E-state index contributed by atoms with van der Waals surface area (Å²) in [5, 5.41) is 12.1. The standard InChI is InChI=1S/C13H21N3O2/c1-12(2,3)13(4,5)7-15-10-9(11(17)18)6-14-8-16-10/h6,8H,7H2,1-5H3,(H,17,18)(H,14,15,16). The van der Waals surface area contributed by atoms with E-state index in [9.17, 15) is 4.79 Å². The van der Waals surface area contributed by atoms with Crippen molar-refractivity contribution in [2.45, 2.75) is 34.6 Å². The maximum atomic E-state index is 11.0. The highest BCUT2D eigenvalue weighted by atomic mass is 16.4. The van der Waals surface area contributed by atoms with Gasteiger partial charge in [0.05, 0.1) is 0 Å². The van der Waals surface area contributed by atoms with Crippen LogP contribution in [0.3, 0.4) is 0 Å². The van der Waals surface area contributed by atoms with Crippen LogP contribution < -0.4 is 5.32 Å². The zero-order valence-electron chi connectivity index (χ0n) is 11.6. The van der Waals surface area contributed by atoms with Crippen LogP contribution in [0.15, 0.2) is 12.5 Å². The normalized spacial score (nSPS) is 12.3. The number of hydrogen-bond donors (Lipinski definition) is 2. The van der Waals surface area contributed by atoms with Crippen molar-refractivity contribution in [3.05, 3.63) is 18.1 Å². The molecular weight excluding hydrogens is 230 g/mol. The minimum absolute atomic E-state index is 0.00766. The lowest BCUT2D eigenvalue weighted by Gasteiger charge is -2.39. The lowest BCUT2D eigenvalue weighted by molar-refractivity contribution is 0.0697. The predicted octanol–water partition coefficient (Wildman–Crippen LogP) is 2.66. The summed E-state index contributed by atoms with van der Waals surface area (Å²) < 4.78 is 0. The van der Waals surface area contributed by atoms with Gasteiger partial charge in [-0.15, -0.1) is 0 Å². The molecule has 1 rings (SSSR count). The summed E-state index contributed by atoms with van der Waals surface area (Å²) >= 11 is 0. The Balaban J connectivity index is 2.85. The first-order chi connectivity index (χ1) is 8.15. The van der Waals surface area contributed by atoms with Crippen LogP contribution in [0.2, 0.25) is 0 Å². The molecule has 1 aromatic heterocycles. The van der Waals surface area contributed by atoms with Crippen LogP contribution in [-0.4, -0.2) is 27.6 Å². The van der Waals surface area contributed by atoms with Gasteiger partial charge >= 0.3 is 5.97 Å². The van der Waals surface area contributed by atoms with Crippen molar-refractivity contribution in [3.63, 3.8) is 0 Å². The van der Waals surface area contributed by atoms with Gasteiger partial charge in [-0.3, -0.25) is 0 Å². The van der Waals surface area contributed by atoms with Gasteiger partial charge in [0, 0.05) is 12.7 Å². The number of aromatic carboxylic acids is 1. The van der Waals surface area contributed by atoms with E-state index in [2.05, 4.69) is 49.9 Å². The Labute approximate surface area is 108 Å². The van der Waals surface area contributed by atoms with Gasteiger partial charge in [0.1, 0.15) is 17.7 Å². The van der Waals surface area contributed by atoms with Gasteiger partial charge < -0.3 is 10.4 Å². The molecule has 1 aromatic rings. The van der Waals surface area contributed by atoms with Crippen molar-refractivity contribution < 1.29 is 9.90 Å². The maximum Gasteiger partial charge on any atom is 0.341 e. The molecule has 0 saturated carbocycles. The number of carbonyl (C=O) groups is 1. The Bertz CT molecular complexity index is 436. The van der Waals surface area contributed by atoms with E-state index in [1.54, 1.807) is 0 Å². The molecule has 0 amide bonds. The van der Waals surface area contributed by atoms with Crippen molar-refractivity contribution in [3.8, 4) is 0 Å². The molecule has 0 saturated heterocycles. The smallest absolute Gasteiger partial charge is 0.341 e. The molecule has 0 aromatic carbocycles. The third-order valence-electron chi connectivity index (χ3n) is 3.67. The third-order valence-corrected chi connectivity index (χ3v) is 3.67. The fraction of sp³-hybridized carbons (Fsp3) is 0.615. The molecule has 0 spiro atoms. The molecule has 100 valence electrons. The maximum absolute atomic E-state index is 11.0. The van der Waals surface area contributed by atoms with Crippen LogP contribution in [0, 0.1) is 10.8 Å². The van der Waals surface area contributed by atoms with Crippen molar-refractivity contribution in [2.75, 3.05) is 11.9 Å². The zero-order valence-corrected chi connectivity index (χ0v) is 11.6. The number of anilines is 1. The fourth-order valence-electron chi connectivity index (χ4n) is 1.20. The Morgan fingerprint density at radius 1 is 1.33 bits per heavy atom. The van der Waals surface area contributed by atoms with Crippen LogP contribution in [0.25, 0.3) is 0 Å². The highest BCUT2D eigenvalue weighted by Gasteiger charge is 2.32. The van der Waals surface area contributed by atoms with E-state index in [-0.39, 0.29) is 16.4 Å². The van der Waals surface area contributed by atoms with Gasteiger partial charge in [-0.2, -0.15) is 0 Å². The first kappa shape index (κ1) is 14.4. The minimum Gasteiger partial charge on any atom is -0.477 e. The lowest BCUT2D eigenvalue weighted by atomic mass is 9.69. The van der Waals surface area contributed by atoms with Gasteiger partial charge in [0.25, 0.3) is 0 Å². The van der Waals surface area contributed by atoms with Gasteiger partial charge in [-0.05, 0) is 10.8 Å². The van der Waals surface area contributed by atoms with Gasteiger partial charge in [-0.1, -0.05) is 34.6 Å². The topological polar surface area (TPSA) is 75.1 Å². The molecule has 0 aliphatic carbocycles. The first-order valence-corrected chi connectivity index (χ1v) is 5.92. The van der Waals surface area contributed by atoms with Gasteiger partial charge in [0.2, 0.25) is 0 Å². The Morgan fingerprint density at radius 3 is 2.44 bits per heavy atom. The van der Waals surface area contributed by atoms with Crippen LogP contribution in [0.4, 0.5) is 5.82 Å². The van der Waals surface area contributed by atoms with E-state index in [4.69, 9.17) is 5.11 Å². The molecule has 0 radical (unpaired) electrons. The molecule has 5 nitrogen and oxygen atoms in total. The first-order valence-electron chi connectivity index (χ1n) is 5.92. The summed E-state index contributed by atoms with van der Waals surface area (Å²) in [5.74, 6) is -0.651. The third kappa shape index (κ3) is 3.18. The van der Waals surface area contributed by atoms with E-state index in [0.717, 1.165) is 0 Å². The van der Waals surface area contributed by atoms with E-state index >= 15 is 0 Å². The number of nitrogens with one attached hydrogen (secondary N) is 1. The summed E-state index contributed by atoms with van der Waals surface area (Å²) in [7, 11) is 0. The van der Waals surface area contributed by atoms with E-state index in [1.807, 2.05) is 0 Å². The Morgan fingerprint density at radius 2 is 1.94 bits per heavy atom. The van der Waals surface area contributed by atoms with Gasteiger partial charge in [0.15, 0.2) is 0 Å². The summed E-state index contributed by atoms with van der Waals surface area (Å²) in [6.07, 6.45) is 2.65. The molecule has 0 bridgehead atoms. The van der Waals surface area contributed by atoms with Gasteiger partial charge in [-0.25, -0.2) is 14.8 Å². The second-order valence-electron chi connectivity index (χ2n) is 6.08. The van der Waals surface area contributed by atoms with E-state index in [0.29, 0.717) is 12.4 Å². The molecule has 2 N–H and O–H groups in total. The summed E-state index contributed by atoms with van der Waals surface area (Å²) in [6.45, 7) is 11.4. The molecule has 0 fully saturated rings. The molecule has 0 aliphatic heterocycles. The number of hydrogen-bond acceptors (Lipinski definition) is 4. The number of carboxylic acid groups (broad SMARTS) is 1. The van der Waals surface area contributed by atoms with E-state index < -0.39 is 5.97 Å². The summed E-state index contributed by atoms with van der Waals surface area (Å²) in [5.41, 5.74) is 0.214. The molecule has 1 heterocycles. The Hall–Kier alpha value is -1.65. The molecule has 0 atom stereocenters. The van der Waals surface area contributed by atoms with Crippen LogP contribution in [-0.2, 0) is 0 Å². The monoisotopic (exact) mass is 251 g/mol. The molecular formula is C13H21N3O2. The van der Waals surface area contributed by atoms with Crippen LogP contribution in [0.1, 0.15) is 45.0 Å². The summed E-state index contributed by atoms with van der Waals surface area (Å²) in [4.78, 5) is 18.7. The number of rotatable bonds is 4. The average molecular weight is 251 g/mol. The molecule has 0 unspecified atom stereocenters. The van der Waals surface area contributed by atoms with E-state index in [1.165, 1.54) is 12.5 Å². The highest BCUT2D eigenvalue weighted by molar-refractivity contribution is 5.92. The van der Waals surface area contributed by atoms with Crippen molar-refractivity contribution in [2.24, 2.45) is 10.8 Å². The number of aromatic nitrogens is 2. The predicted molar refractivity (Wildman–Crippen MR) is 70.7 cm³/mol. The fourth-order valence-corrected chi connectivity index (χ4v) is 1.20. The molecule has 0 aliphatic rings. The Kier molecular flexibility index (Phi) is 3.94. The summed E-state index contributed by atoms with van der Waals surface area (Å²) in [6, 6.07) is 0. The second kappa shape index (κ2) is 4.92. The van der Waals surface area contributed by atoms with Crippen LogP contribution >= 0.6 is 0 Å². The average Bonchev–Trinajstić information content (AvgIpc) is 2.25. The lowest BCUT2D eigenvalue weighted by Crippen LogP contribution is -2.36. The van der Waals surface area contributed by atoms with Crippen LogP contribution in [0.5, 0.6) is 0 Å². The van der Waals surface area contributed by atoms with Crippen molar-refractivity contribution >= 4 is 11.8 Å². The largest absolute Gasteiger partial charge is 0.477 e. The van der Waals surface area contributed by atoms with Crippen molar-refractivity contribution in [1.82, 2.24) is 9.97 Å². The van der Waals surface area contributed by atoms with Crippen molar-refractivity contribution in [1.29, 1.82) is 0 Å². The number of nitrogens with zero attached hydrogens (tertiary/aromatic N) is 2. The quantitative estimate of drug-likeness (QED) is 0.860. The molecule has 5 heteroatoms. The number of carboxylic acids is 1. The highest BCUT2D eigenvalue weighted by Crippen LogP contribution is 2.37.